The number of halogens is 1. The Balaban J connectivity index is 2.34. The highest BCUT2D eigenvalue weighted by Gasteiger charge is 2.31. The lowest BCUT2D eigenvalue weighted by molar-refractivity contribution is -0.387. The number of sulfonamides is 1. The van der Waals surface area contributed by atoms with E-state index in [1.807, 2.05) is 6.92 Å². The predicted octanol–water partition coefficient (Wildman–Crippen LogP) is 2.12. The summed E-state index contributed by atoms with van der Waals surface area (Å²) in [5.41, 5.74) is -0.895. The van der Waals surface area contributed by atoms with Crippen LogP contribution in [0.15, 0.2) is 17.0 Å². The Morgan fingerprint density at radius 1 is 1.40 bits per heavy atom. The smallest absolute Gasteiger partial charge is 0.258 e. The Morgan fingerprint density at radius 3 is 2.50 bits per heavy atom. The van der Waals surface area contributed by atoms with Crippen LogP contribution in [0.2, 0.25) is 0 Å². The van der Waals surface area contributed by atoms with Crippen molar-refractivity contribution in [1.29, 1.82) is 0 Å². The molecule has 0 aromatic heterocycles. The number of nitro groups is 1. The number of nitro benzene ring substituents is 1. The van der Waals surface area contributed by atoms with Gasteiger partial charge in [0.15, 0.2) is 0 Å². The van der Waals surface area contributed by atoms with Gasteiger partial charge in [0.2, 0.25) is 15.8 Å². The summed E-state index contributed by atoms with van der Waals surface area (Å²) in [6.45, 7) is 3.31. The summed E-state index contributed by atoms with van der Waals surface area (Å²) < 4.78 is 40.3. The average molecular weight is 302 g/mol. The van der Waals surface area contributed by atoms with Gasteiger partial charge in [0.05, 0.1) is 9.82 Å². The van der Waals surface area contributed by atoms with Crippen molar-refractivity contribution >= 4 is 15.7 Å². The topological polar surface area (TPSA) is 89.3 Å². The van der Waals surface area contributed by atoms with Crippen LogP contribution >= 0.6 is 0 Å². The molecule has 0 radical (unpaired) electrons. The van der Waals surface area contributed by atoms with E-state index in [0.29, 0.717) is 5.92 Å². The van der Waals surface area contributed by atoms with Gasteiger partial charge in [-0.2, -0.15) is 4.39 Å². The first-order valence-electron chi connectivity index (χ1n) is 6.17. The molecule has 0 atom stereocenters. The van der Waals surface area contributed by atoms with Crippen LogP contribution in [0.4, 0.5) is 10.1 Å². The van der Waals surface area contributed by atoms with Crippen LogP contribution in [-0.4, -0.2) is 19.4 Å². The molecule has 1 aliphatic carbocycles. The minimum absolute atomic E-state index is 0.0680. The second-order valence-corrected chi connectivity index (χ2v) is 6.94. The molecule has 1 aromatic carbocycles. The lowest BCUT2D eigenvalue weighted by Gasteiger charge is -2.32. The van der Waals surface area contributed by atoms with Crippen molar-refractivity contribution in [3.8, 4) is 0 Å². The van der Waals surface area contributed by atoms with Gasteiger partial charge in [0, 0.05) is 12.1 Å². The first kappa shape index (κ1) is 14.9. The Morgan fingerprint density at radius 2 is 2.00 bits per heavy atom. The lowest BCUT2D eigenvalue weighted by Crippen LogP contribution is -2.43. The number of aryl methyl sites for hydroxylation is 1. The van der Waals surface area contributed by atoms with Crippen LogP contribution in [-0.2, 0) is 10.0 Å². The van der Waals surface area contributed by atoms with Crippen molar-refractivity contribution in [1.82, 2.24) is 4.72 Å². The zero-order chi connectivity index (χ0) is 15.1. The standard InChI is InChI=1S/C12H15FN2O4S/c1-7-3-9(4-7)14-20(18,19)10-5-8(2)12(13)11(6-10)15(16)17/h5-7,9,14H,3-4H2,1-2H3. The second-order valence-electron chi connectivity index (χ2n) is 5.23. The molecule has 0 bridgehead atoms. The summed E-state index contributed by atoms with van der Waals surface area (Å²) in [5.74, 6) is -0.543. The highest BCUT2D eigenvalue weighted by molar-refractivity contribution is 7.89. The molecule has 20 heavy (non-hydrogen) atoms. The van der Waals surface area contributed by atoms with Crippen LogP contribution in [0.1, 0.15) is 25.3 Å². The number of nitrogens with one attached hydrogen (secondary N) is 1. The molecule has 1 aromatic rings. The summed E-state index contributed by atoms with van der Waals surface area (Å²) in [6.07, 6.45) is 1.48. The highest BCUT2D eigenvalue weighted by Crippen LogP contribution is 2.29. The molecule has 1 saturated carbocycles. The molecule has 110 valence electrons. The summed E-state index contributed by atoms with van der Waals surface area (Å²) in [7, 11) is -3.86. The van der Waals surface area contributed by atoms with Gasteiger partial charge in [-0.05, 0) is 37.3 Å². The molecular weight excluding hydrogens is 287 g/mol. The van der Waals surface area contributed by atoms with Crippen molar-refractivity contribution in [2.45, 2.75) is 37.6 Å². The zero-order valence-electron chi connectivity index (χ0n) is 11.1. The third-order valence-electron chi connectivity index (χ3n) is 3.41. The van der Waals surface area contributed by atoms with E-state index in [4.69, 9.17) is 0 Å². The van der Waals surface area contributed by atoms with Crippen molar-refractivity contribution in [3.63, 3.8) is 0 Å². The van der Waals surface area contributed by atoms with E-state index in [9.17, 15) is 22.9 Å². The molecule has 2 rings (SSSR count). The molecule has 0 spiro atoms. The van der Waals surface area contributed by atoms with Gasteiger partial charge in [0.1, 0.15) is 0 Å². The maximum Gasteiger partial charge on any atom is 0.306 e. The summed E-state index contributed by atoms with van der Waals surface area (Å²) in [4.78, 5) is 9.54. The van der Waals surface area contributed by atoms with Gasteiger partial charge in [-0.1, -0.05) is 6.92 Å². The molecule has 0 saturated heterocycles. The van der Waals surface area contributed by atoms with E-state index in [-0.39, 0.29) is 16.5 Å². The van der Waals surface area contributed by atoms with Gasteiger partial charge >= 0.3 is 5.69 Å². The van der Waals surface area contributed by atoms with E-state index in [1.165, 1.54) is 6.92 Å². The quantitative estimate of drug-likeness (QED) is 0.681. The Labute approximate surface area is 116 Å². The first-order chi connectivity index (χ1) is 9.20. The monoisotopic (exact) mass is 302 g/mol. The van der Waals surface area contributed by atoms with Crippen LogP contribution in [0, 0.1) is 28.8 Å². The van der Waals surface area contributed by atoms with E-state index >= 15 is 0 Å². The number of benzene rings is 1. The maximum atomic E-state index is 13.6. The lowest BCUT2D eigenvalue weighted by atomic mass is 9.83. The van der Waals surface area contributed by atoms with Crippen LogP contribution in [0.3, 0.4) is 0 Å². The summed E-state index contributed by atoms with van der Waals surface area (Å²) in [6, 6.07) is 1.71. The molecular formula is C12H15FN2O4S. The van der Waals surface area contributed by atoms with Crippen molar-refractivity contribution in [3.05, 3.63) is 33.6 Å². The minimum Gasteiger partial charge on any atom is -0.258 e. The third-order valence-corrected chi connectivity index (χ3v) is 4.91. The molecule has 0 heterocycles. The van der Waals surface area contributed by atoms with Gasteiger partial charge in [-0.25, -0.2) is 13.1 Å². The molecule has 0 amide bonds. The van der Waals surface area contributed by atoms with Gasteiger partial charge in [-0.15, -0.1) is 0 Å². The Kier molecular flexibility index (Phi) is 3.79. The minimum atomic E-state index is -3.86. The average Bonchev–Trinajstić information content (AvgIpc) is 2.29. The summed E-state index contributed by atoms with van der Waals surface area (Å²) >= 11 is 0. The predicted molar refractivity (Wildman–Crippen MR) is 70.3 cm³/mol. The number of nitrogens with zero attached hydrogens (tertiary/aromatic N) is 1. The molecule has 1 aliphatic rings. The Hall–Kier alpha value is -1.54. The van der Waals surface area contributed by atoms with Crippen molar-refractivity contribution in [2.75, 3.05) is 0 Å². The number of hydrogen-bond donors (Lipinski definition) is 1. The third kappa shape index (κ3) is 2.80. The molecule has 8 heteroatoms. The maximum absolute atomic E-state index is 13.6. The molecule has 6 nitrogen and oxygen atoms in total. The van der Waals surface area contributed by atoms with E-state index in [2.05, 4.69) is 4.72 Å². The SMILES string of the molecule is Cc1cc(S(=O)(=O)NC2CC(C)C2)cc([N+](=O)[O-])c1F. The Bertz CT molecular complexity index is 654. The molecule has 1 N–H and O–H groups in total. The van der Waals surface area contributed by atoms with Crippen LogP contribution in [0.25, 0.3) is 0 Å². The normalized spacial score (nSPS) is 22.4. The zero-order valence-corrected chi connectivity index (χ0v) is 11.9. The fourth-order valence-electron chi connectivity index (χ4n) is 2.29. The van der Waals surface area contributed by atoms with Crippen LogP contribution in [0.5, 0.6) is 0 Å². The van der Waals surface area contributed by atoms with Gasteiger partial charge in [-0.3, -0.25) is 10.1 Å². The summed E-state index contributed by atoms with van der Waals surface area (Å²) in [5, 5.41) is 10.7. The number of hydrogen-bond acceptors (Lipinski definition) is 4. The second kappa shape index (κ2) is 5.10. The highest BCUT2D eigenvalue weighted by atomic mass is 32.2. The first-order valence-corrected chi connectivity index (χ1v) is 7.66. The van der Waals surface area contributed by atoms with Crippen molar-refractivity contribution < 1.29 is 17.7 Å². The van der Waals surface area contributed by atoms with E-state index in [0.717, 1.165) is 25.0 Å². The largest absolute Gasteiger partial charge is 0.306 e. The fraction of sp³-hybridized carbons (Fsp3) is 0.500. The molecule has 1 fully saturated rings. The fourth-order valence-corrected chi connectivity index (χ4v) is 3.66. The van der Waals surface area contributed by atoms with E-state index < -0.39 is 26.5 Å². The molecule has 0 aliphatic heterocycles. The van der Waals surface area contributed by atoms with E-state index in [1.54, 1.807) is 0 Å². The number of rotatable bonds is 4. The van der Waals surface area contributed by atoms with Gasteiger partial charge in [0.25, 0.3) is 0 Å². The van der Waals surface area contributed by atoms with Crippen LogP contribution < -0.4 is 4.72 Å². The van der Waals surface area contributed by atoms with Crippen molar-refractivity contribution in [2.24, 2.45) is 5.92 Å². The van der Waals surface area contributed by atoms with Gasteiger partial charge < -0.3 is 0 Å². The molecule has 0 unspecified atom stereocenters.